The van der Waals surface area contributed by atoms with Gasteiger partial charge in [0.2, 0.25) is 0 Å². The minimum atomic E-state index is -0.342. The summed E-state index contributed by atoms with van der Waals surface area (Å²) in [5.41, 5.74) is 0.257. The minimum absolute atomic E-state index is 0.0602. The van der Waals surface area contributed by atoms with Crippen LogP contribution in [0.15, 0.2) is 36.7 Å². The predicted octanol–water partition coefficient (Wildman–Crippen LogP) is 2.95. The van der Waals surface area contributed by atoms with Gasteiger partial charge in [0.05, 0.1) is 32.8 Å². The zero-order chi connectivity index (χ0) is 23.7. The Morgan fingerprint density at radius 1 is 0.970 bits per heavy atom. The zero-order valence-corrected chi connectivity index (χ0v) is 18.6. The van der Waals surface area contributed by atoms with E-state index in [1.54, 1.807) is 18.3 Å². The van der Waals surface area contributed by atoms with Gasteiger partial charge in [-0.3, -0.25) is 14.4 Å². The van der Waals surface area contributed by atoms with Gasteiger partial charge in [0, 0.05) is 45.0 Å². The van der Waals surface area contributed by atoms with E-state index < -0.39 is 0 Å². The Labute approximate surface area is 192 Å². The van der Waals surface area contributed by atoms with Crippen molar-refractivity contribution in [3.05, 3.63) is 48.0 Å². The van der Waals surface area contributed by atoms with Crippen molar-refractivity contribution in [3.8, 4) is 11.5 Å². The number of ether oxygens (including phenoxy) is 3. The number of pyridine rings is 2. The Morgan fingerprint density at radius 2 is 1.61 bits per heavy atom. The van der Waals surface area contributed by atoms with Crippen molar-refractivity contribution in [2.45, 2.75) is 44.6 Å². The number of hydrogen-bond donors (Lipinski definition) is 1. The molecule has 176 valence electrons. The van der Waals surface area contributed by atoms with E-state index in [4.69, 9.17) is 19.3 Å². The summed E-state index contributed by atoms with van der Waals surface area (Å²) in [5.74, 6) is 0.767. The molecule has 5 rings (SSSR count). The molecule has 1 N–H and O–H groups in total. The van der Waals surface area contributed by atoms with Crippen LogP contribution >= 0.6 is 0 Å². The molecule has 9 heteroatoms. The number of hydrogen-bond acceptors (Lipinski definition) is 9. The average molecular weight is 456 g/mol. The van der Waals surface area contributed by atoms with Crippen LogP contribution in [-0.4, -0.2) is 64.5 Å². The fourth-order valence-corrected chi connectivity index (χ4v) is 3.62. The van der Waals surface area contributed by atoms with Crippen LogP contribution in [0, 0.1) is 0 Å². The van der Waals surface area contributed by atoms with E-state index in [9.17, 15) is 14.4 Å². The molecule has 2 aromatic heterocycles. The van der Waals surface area contributed by atoms with Crippen molar-refractivity contribution in [2.24, 2.45) is 0 Å². The zero-order valence-electron chi connectivity index (χ0n) is 18.6. The van der Waals surface area contributed by atoms with Gasteiger partial charge in [-0.2, -0.15) is 0 Å². The van der Waals surface area contributed by atoms with Crippen molar-refractivity contribution in [1.82, 2.24) is 9.97 Å². The Bertz CT molecular complexity index is 978. The molecule has 0 atom stereocenters. The number of aromatic nitrogens is 2. The lowest BCUT2D eigenvalue weighted by Crippen LogP contribution is -2.46. The number of carbonyl (C=O) groups is 3. The standard InChI is InChI=1S/C12H13NO3.C7H7NO2.C5H8O2/c14-9-8-12(3-6-15-7-4-12)16-10-2-1-5-13-11(9)10;1-5(9)7-6(10)3-2-4-8-7;6-5-1-3-7-4-2-5/h1-2,5H,3-4,6-8H2;2-4,10H,1H3;1-4H2. The van der Waals surface area contributed by atoms with Crippen LogP contribution in [0.5, 0.6) is 11.5 Å². The quantitative estimate of drug-likeness (QED) is 0.645. The number of rotatable bonds is 1. The molecule has 3 aliphatic rings. The lowest BCUT2D eigenvalue weighted by molar-refractivity contribution is -0.124. The summed E-state index contributed by atoms with van der Waals surface area (Å²) in [7, 11) is 0. The summed E-state index contributed by atoms with van der Waals surface area (Å²) in [6.07, 6.45) is 6.35. The van der Waals surface area contributed by atoms with Gasteiger partial charge < -0.3 is 19.3 Å². The molecule has 3 aliphatic heterocycles. The molecule has 9 nitrogen and oxygen atoms in total. The number of ketones is 3. The second kappa shape index (κ2) is 11.6. The second-order valence-electron chi connectivity index (χ2n) is 7.93. The van der Waals surface area contributed by atoms with Gasteiger partial charge in [-0.1, -0.05) is 0 Å². The summed E-state index contributed by atoms with van der Waals surface area (Å²) >= 11 is 0. The first-order valence-corrected chi connectivity index (χ1v) is 10.9. The van der Waals surface area contributed by atoms with Gasteiger partial charge in [0.15, 0.2) is 11.6 Å². The van der Waals surface area contributed by atoms with E-state index >= 15 is 0 Å². The molecule has 2 saturated heterocycles. The molecule has 1 spiro atoms. The van der Waals surface area contributed by atoms with E-state index in [1.807, 2.05) is 6.07 Å². The van der Waals surface area contributed by atoms with Crippen molar-refractivity contribution < 1.29 is 33.7 Å². The molecule has 0 aliphatic carbocycles. The summed E-state index contributed by atoms with van der Waals surface area (Å²) in [6, 6.07) is 6.62. The van der Waals surface area contributed by atoms with Crippen LogP contribution in [-0.2, 0) is 14.3 Å². The van der Waals surface area contributed by atoms with Crippen LogP contribution in [0.2, 0.25) is 0 Å². The number of fused-ring (bicyclic) bond motifs is 1. The molecular formula is C24H28N2O7. The van der Waals surface area contributed by atoms with Gasteiger partial charge >= 0.3 is 0 Å². The van der Waals surface area contributed by atoms with Crippen LogP contribution in [0.4, 0.5) is 0 Å². The maximum atomic E-state index is 12.0. The topological polar surface area (TPSA) is 125 Å². The van der Waals surface area contributed by atoms with E-state index in [2.05, 4.69) is 9.97 Å². The van der Waals surface area contributed by atoms with Crippen molar-refractivity contribution in [2.75, 3.05) is 26.4 Å². The molecule has 5 heterocycles. The smallest absolute Gasteiger partial charge is 0.188 e. The monoisotopic (exact) mass is 456 g/mol. The van der Waals surface area contributed by atoms with E-state index in [0.717, 1.165) is 12.8 Å². The summed E-state index contributed by atoms with van der Waals surface area (Å²) in [6.45, 7) is 3.98. The molecule has 0 bridgehead atoms. The lowest BCUT2D eigenvalue weighted by atomic mass is 9.85. The number of nitrogens with zero attached hydrogens (tertiary/aromatic N) is 2. The van der Waals surface area contributed by atoms with Crippen molar-refractivity contribution >= 4 is 17.3 Å². The number of aromatic hydroxyl groups is 1. The Hall–Kier alpha value is -3.17. The molecule has 2 fully saturated rings. The maximum Gasteiger partial charge on any atom is 0.188 e. The molecule has 0 unspecified atom stereocenters. The van der Waals surface area contributed by atoms with Crippen molar-refractivity contribution in [1.29, 1.82) is 0 Å². The Balaban J connectivity index is 0.000000154. The average Bonchev–Trinajstić information content (AvgIpc) is 2.81. The maximum absolute atomic E-state index is 12.0. The SMILES string of the molecule is CC(=O)c1ncccc1O.O=C1CC2(CCOCC2)Oc2cccnc21.O=C1CCOCC1. The van der Waals surface area contributed by atoms with Gasteiger partial charge in [0.1, 0.15) is 34.3 Å². The lowest BCUT2D eigenvalue weighted by Gasteiger charge is -2.39. The third-order valence-corrected chi connectivity index (χ3v) is 5.42. The van der Waals surface area contributed by atoms with Crippen LogP contribution in [0.25, 0.3) is 0 Å². The highest BCUT2D eigenvalue weighted by Gasteiger charge is 2.42. The highest BCUT2D eigenvalue weighted by atomic mass is 16.5. The summed E-state index contributed by atoms with van der Waals surface area (Å²) < 4.78 is 16.2. The van der Waals surface area contributed by atoms with Crippen molar-refractivity contribution in [3.63, 3.8) is 0 Å². The van der Waals surface area contributed by atoms with Gasteiger partial charge in [0.25, 0.3) is 0 Å². The summed E-state index contributed by atoms with van der Waals surface area (Å²) in [5, 5.41) is 9.00. The first-order valence-electron chi connectivity index (χ1n) is 10.9. The third kappa shape index (κ3) is 6.90. The van der Waals surface area contributed by atoms with Crippen LogP contribution in [0.3, 0.4) is 0 Å². The van der Waals surface area contributed by atoms with E-state index in [0.29, 0.717) is 62.9 Å². The minimum Gasteiger partial charge on any atom is -0.506 e. The van der Waals surface area contributed by atoms with E-state index in [-0.39, 0.29) is 28.6 Å². The normalized spacial score (nSPS) is 18.6. The summed E-state index contributed by atoms with van der Waals surface area (Å²) in [4.78, 5) is 40.8. The van der Waals surface area contributed by atoms with Crippen LogP contribution in [0.1, 0.15) is 60.0 Å². The third-order valence-electron chi connectivity index (χ3n) is 5.42. The van der Waals surface area contributed by atoms with E-state index in [1.165, 1.54) is 19.2 Å². The molecule has 2 aromatic rings. The van der Waals surface area contributed by atoms with Gasteiger partial charge in [-0.05, 0) is 24.3 Å². The number of Topliss-reactive ketones (excluding diaryl/α,β-unsaturated/α-hetero) is 3. The Kier molecular flexibility index (Phi) is 8.62. The first-order chi connectivity index (χ1) is 15.9. The predicted molar refractivity (Wildman–Crippen MR) is 118 cm³/mol. The number of carbonyl (C=O) groups excluding carboxylic acids is 3. The highest BCUT2D eigenvalue weighted by Crippen LogP contribution is 2.37. The van der Waals surface area contributed by atoms with Gasteiger partial charge in [-0.15, -0.1) is 0 Å². The fourth-order valence-electron chi connectivity index (χ4n) is 3.62. The molecule has 0 saturated carbocycles. The molecule has 33 heavy (non-hydrogen) atoms. The highest BCUT2D eigenvalue weighted by molar-refractivity contribution is 5.98. The molecule has 0 amide bonds. The first kappa shape index (κ1) is 24.5. The molecule has 0 aromatic carbocycles. The molecule has 0 radical (unpaired) electrons. The molecular weight excluding hydrogens is 428 g/mol. The Morgan fingerprint density at radius 3 is 2.18 bits per heavy atom. The largest absolute Gasteiger partial charge is 0.506 e. The fraction of sp³-hybridized carbons (Fsp3) is 0.458. The van der Waals surface area contributed by atoms with Crippen LogP contribution < -0.4 is 4.74 Å². The van der Waals surface area contributed by atoms with Gasteiger partial charge in [-0.25, -0.2) is 9.97 Å². The second-order valence-corrected chi connectivity index (χ2v) is 7.93.